The predicted octanol–water partition coefficient (Wildman–Crippen LogP) is 4.57. The Morgan fingerprint density at radius 3 is 2.51 bits per heavy atom. The van der Waals surface area contributed by atoms with Gasteiger partial charge < -0.3 is 25.2 Å². The zero-order chi connectivity index (χ0) is 26.6. The van der Waals surface area contributed by atoms with Crippen LogP contribution in [0.1, 0.15) is 66.8 Å². The number of hydrogen-bond donors (Lipinski definition) is 2. The highest BCUT2D eigenvalue weighted by Gasteiger charge is 2.31. The van der Waals surface area contributed by atoms with Crippen LogP contribution < -0.4 is 20.1 Å². The molecule has 1 saturated carbocycles. The highest BCUT2D eigenvalue weighted by molar-refractivity contribution is 6.10. The van der Waals surface area contributed by atoms with Gasteiger partial charge in [-0.15, -0.1) is 0 Å². The number of amides is 1. The SMILES string of the molecule is Nc1nc(OCCCC(F)(F)F)nc2c1C(=O)N(c1ccc(C3CCC(CC(=O)O)CC3)cc1)CCO2. The van der Waals surface area contributed by atoms with Crippen LogP contribution in [0, 0.1) is 5.92 Å². The molecule has 0 saturated heterocycles. The van der Waals surface area contributed by atoms with Gasteiger partial charge in [0.2, 0.25) is 5.88 Å². The molecule has 2 aromatic rings. The highest BCUT2D eigenvalue weighted by atomic mass is 19.4. The second kappa shape index (κ2) is 11.2. The Morgan fingerprint density at radius 2 is 1.86 bits per heavy atom. The van der Waals surface area contributed by atoms with Gasteiger partial charge in [-0.2, -0.15) is 23.1 Å². The first-order chi connectivity index (χ1) is 17.6. The summed E-state index contributed by atoms with van der Waals surface area (Å²) in [5.41, 5.74) is 7.77. The number of alkyl halides is 3. The summed E-state index contributed by atoms with van der Waals surface area (Å²) in [6.07, 6.45) is -1.72. The second-order valence-electron chi connectivity index (χ2n) is 9.35. The molecule has 2 heterocycles. The molecular weight excluding hydrogens is 493 g/mol. The van der Waals surface area contributed by atoms with Crippen LogP contribution >= 0.6 is 0 Å². The summed E-state index contributed by atoms with van der Waals surface area (Å²) in [7, 11) is 0. The first kappa shape index (κ1) is 26.5. The molecule has 0 radical (unpaired) electrons. The van der Waals surface area contributed by atoms with E-state index < -0.39 is 24.5 Å². The smallest absolute Gasteiger partial charge is 0.389 e. The molecule has 1 fully saturated rings. The molecule has 3 N–H and O–H groups in total. The van der Waals surface area contributed by atoms with Crippen LogP contribution in [0.15, 0.2) is 24.3 Å². The summed E-state index contributed by atoms with van der Waals surface area (Å²) in [4.78, 5) is 33.8. The molecule has 1 aliphatic carbocycles. The first-order valence-corrected chi connectivity index (χ1v) is 12.2. The summed E-state index contributed by atoms with van der Waals surface area (Å²) in [5, 5.41) is 9.01. The minimum absolute atomic E-state index is 0.0269. The number of nitrogens with two attached hydrogens (primary N) is 1. The van der Waals surface area contributed by atoms with Gasteiger partial charge in [-0.1, -0.05) is 12.1 Å². The van der Waals surface area contributed by atoms with Gasteiger partial charge in [0.05, 0.1) is 13.2 Å². The van der Waals surface area contributed by atoms with Crippen LogP contribution in [0.2, 0.25) is 0 Å². The molecule has 200 valence electrons. The zero-order valence-corrected chi connectivity index (χ0v) is 20.2. The molecular formula is C25H29F3N4O5. The van der Waals surface area contributed by atoms with Gasteiger partial charge in [-0.05, 0) is 61.6 Å². The molecule has 0 unspecified atom stereocenters. The number of aliphatic carboxylic acids is 1. The standard InChI is InChI=1S/C25H29F3N4O5/c26-25(27,28)10-1-12-37-24-30-21(29)20-22(31-24)36-13-11-32(23(20)35)18-8-6-17(7-9-18)16-4-2-15(3-5-16)14-19(33)34/h6-9,15-16H,1-5,10-14H2,(H,33,34)(H2,29,30,31). The van der Waals surface area contributed by atoms with Gasteiger partial charge in [-0.3, -0.25) is 9.59 Å². The van der Waals surface area contributed by atoms with E-state index in [9.17, 15) is 22.8 Å². The summed E-state index contributed by atoms with van der Waals surface area (Å²) >= 11 is 0. The lowest BCUT2D eigenvalue weighted by Crippen LogP contribution is -2.32. The fourth-order valence-electron chi connectivity index (χ4n) is 4.83. The van der Waals surface area contributed by atoms with E-state index in [2.05, 4.69) is 9.97 Å². The third-order valence-electron chi connectivity index (χ3n) is 6.72. The van der Waals surface area contributed by atoms with E-state index in [0.717, 1.165) is 31.2 Å². The number of nitrogen functional groups attached to an aromatic ring is 1. The Labute approximate surface area is 211 Å². The minimum atomic E-state index is -4.28. The van der Waals surface area contributed by atoms with E-state index in [1.165, 1.54) is 4.90 Å². The zero-order valence-electron chi connectivity index (χ0n) is 20.2. The van der Waals surface area contributed by atoms with E-state index in [1.54, 1.807) is 0 Å². The number of aromatic nitrogens is 2. The van der Waals surface area contributed by atoms with Gasteiger partial charge in [0.15, 0.2) is 0 Å². The Morgan fingerprint density at radius 1 is 1.16 bits per heavy atom. The van der Waals surface area contributed by atoms with Crippen molar-refractivity contribution in [2.45, 2.75) is 57.0 Å². The third kappa shape index (κ3) is 6.80. The van der Waals surface area contributed by atoms with Crippen molar-refractivity contribution in [1.29, 1.82) is 0 Å². The molecule has 9 nitrogen and oxygen atoms in total. The fourth-order valence-corrected chi connectivity index (χ4v) is 4.83. The van der Waals surface area contributed by atoms with E-state index in [-0.39, 0.29) is 61.8 Å². The third-order valence-corrected chi connectivity index (χ3v) is 6.72. The normalized spacial score (nSPS) is 20.1. The fraction of sp³-hybridized carbons (Fsp3) is 0.520. The average Bonchev–Trinajstić information content (AvgIpc) is 3.00. The van der Waals surface area contributed by atoms with E-state index in [4.69, 9.17) is 20.3 Å². The van der Waals surface area contributed by atoms with Crippen LogP contribution in [0.5, 0.6) is 11.9 Å². The van der Waals surface area contributed by atoms with Crippen molar-refractivity contribution in [2.24, 2.45) is 5.92 Å². The molecule has 0 bridgehead atoms. The molecule has 0 atom stereocenters. The number of nitrogens with zero attached hydrogens (tertiary/aromatic N) is 3. The molecule has 2 aliphatic rings. The summed E-state index contributed by atoms with van der Waals surface area (Å²) in [6.45, 7) is 0.0967. The van der Waals surface area contributed by atoms with Crippen molar-refractivity contribution in [3.8, 4) is 11.9 Å². The van der Waals surface area contributed by atoms with Crippen molar-refractivity contribution < 1.29 is 37.3 Å². The van der Waals surface area contributed by atoms with Crippen LogP contribution in [0.25, 0.3) is 0 Å². The second-order valence-corrected chi connectivity index (χ2v) is 9.35. The van der Waals surface area contributed by atoms with Crippen LogP contribution in [0.3, 0.4) is 0 Å². The number of rotatable bonds is 8. The number of benzene rings is 1. The molecule has 1 aliphatic heterocycles. The highest BCUT2D eigenvalue weighted by Crippen LogP contribution is 2.38. The number of carboxylic acids is 1. The lowest BCUT2D eigenvalue weighted by Gasteiger charge is -2.28. The largest absolute Gasteiger partial charge is 0.481 e. The number of fused-ring (bicyclic) bond motifs is 1. The Kier molecular flexibility index (Phi) is 8.03. The van der Waals surface area contributed by atoms with Crippen molar-refractivity contribution in [3.63, 3.8) is 0 Å². The monoisotopic (exact) mass is 522 g/mol. The molecule has 0 spiro atoms. The van der Waals surface area contributed by atoms with E-state index >= 15 is 0 Å². The number of hydrogen-bond acceptors (Lipinski definition) is 7. The Bertz CT molecular complexity index is 1120. The molecule has 12 heteroatoms. The molecule has 1 amide bonds. The van der Waals surface area contributed by atoms with Gasteiger partial charge in [0, 0.05) is 18.5 Å². The molecule has 1 aromatic carbocycles. The van der Waals surface area contributed by atoms with Crippen LogP contribution in [-0.2, 0) is 4.79 Å². The molecule has 4 rings (SSSR count). The van der Waals surface area contributed by atoms with Gasteiger partial charge in [-0.25, -0.2) is 0 Å². The number of anilines is 2. The van der Waals surface area contributed by atoms with Gasteiger partial charge in [0.25, 0.3) is 5.91 Å². The summed E-state index contributed by atoms with van der Waals surface area (Å²) in [6, 6.07) is 7.43. The maximum atomic E-state index is 13.3. The lowest BCUT2D eigenvalue weighted by atomic mass is 9.77. The van der Waals surface area contributed by atoms with Crippen molar-refractivity contribution in [3.05, 3.63) is 35.4 Å². The van der Waals surface area contributed by atoms with Crippen molar-refractivity contribution >= 4 is 23.4 Å². The lowest BCUT2D eigenvalue weighted by molar-refractivity contribution is -0.138. The molecule has 1 aromatic heterocycles. The number of halogens is 3. The van der Waals surface area contributed by atoms with Crippen molar-refractivity contribution in [1.82, 2.24) is 9.97 Å². The summed E-state index contributed by atoms with van der Waals surface area (Å²) in [5.74, 6) is -0.877. The quantitative estimate of drug-likeness (QED) is 0.483. The average molecular weight is 523 g/mol. The van der Waals surface area contributed by atoms with Crippen LogP contribution in [0.4, 0.5) is 24.7 Å². The topological polar surface area (TPSA) is 128 Å². The molecule has 37 heavy (non-hydrogen) atoms. The maximum Gasteiger partial charge on any atom is 0.389 e. The predicted molar refractivity (Wildman–Crippen MR) is 128 cm³/mol. The van der Waals surface area contributed by atoms with Gasteiger partial charge >= 0.3 is 18.2 Å². The maximum absolute atomic E-state index is 13.3. The summed E-state index contributed by atoms with van der Waals surface area (Å²) < 4.78 is 47.8. The Hall–Kier alpha value is -3.57. The van der Waals surface area contributed by atoms with Crippen molar-refractivity contribution in [2.75, 3.05) is 30.4 Å². The number of carboxylic acid groups (broad SMARTS) is 1. The van der Waals surface area contributed by atoms with Crippen LogP contribution in [-0.4, -0.2) is 52.9 Å². The van der Waals surface area contributed by atoms with E-state index in [0.29, 0.717) is 11.6 Å². The first-order valence-electron chi connectivity index (χ1n) is 12.2. The number of carbonyl (C=O) groups excluding carboxylic acids is 1. The number of ether oxygens (including phenoxy) is 2. The number of carbonyl (C=O) groups is 2. The Balaban J connectivity index is 1.42. The van der Waals surface area contributed by atoms with E-state index in [1.807, 2.05) is 24.3 Å². The minimum Gasteiger partial charge on any atom is -0.481 e. The van der Waals surface area contributed by atoms with Gasteiger partial charge in [0.1, 0.15) is 18.0 Å².